The molecule has 88 valence electrons. The first-order chi connectivity index (χ1) is 7.38. The van der Waals surface area contributed by atoms with E-state index < -0.39 is 0 Å². The first-order valence-corrected chi connectivity index (χ1v) is 7.11. The van der Waals surface area contributed by atoms with E-state index >= 15 is 0 Å². The summed E-state index contributed by atoms with van der Waals surface area (Å²) in [6.07, 6.45) is 10.4. The molecule has 0 aromatic carbocycles. The van der Waals surface area contributed by atoms with Gasteiger partial charge in [0, 0.05) is 6.04 Å². The summed E-state index contributed by atoms with van der Waals surface area (Å²) < 4.78 is 0. The fraction of sp³-hybridized carbons (Fsp3) is 1.00. The van der Waals surface area contributed by atoms with Crippen molar-refractivity contribution in [3.05, 3.63) is 0 Å². The van der Waals surface area contributed by atoms with Crippen molar-refractivity contribution in [3.63, 3.8) is 0 Å². The zero-order valence-electron chi connectivity index (χ0n) is 10.5. The maximum Gasteiger partial charge on any atom is 0.0129 e. The van der Waals surface area contributed by atoms with Crippen molar-refractivity contribution in [1.29, 1.82) is 0 Å². The van der Waals surface area contributed by atoms with E-state index in [0.29, 0.717) is 0 Å². The van der Waals surface area contributed by atoms with Crippen LogP contribution in [-0.4, -0.2) is 12.6 Å². The van der Waals surface area contributed by atoms with Crippen molar-refractivity contribution in [2.75, 3.05) is 6.54 Å². The predicted molar refractivity (Wildman–Crippen MR) is 65.9 cm³/mol. The molecule has 0 bridgehead atoms. The summed E-state index contributed by atoms with van der Waals surface area (Å²) in [5.41, 5.74) is 0. The van der Waals surface area contributed by atoms with E-state index in [1.807, 2.05) is 0 Å². The second kappa shape index (κ2) is 5.34. The molecule has 2 saturated carbocycles. The Morgan fingerprint density at radius 3 is 2.20 bits per heavy atom. The molecule has 15 heavy (non-hydrogen) atoms. The SMILES string of the molecule is CCNC1C(CC)C2CCCCCCC21. The largest absolute Gasteiger partial charge is 0.314 e. The van der Waals surface area contributed by atoms with E-state index in [2.05, 4.69) is 19.2 Å². The summed E-state index contributed by atoms with van der Waals surface area (Å²) in [4.78, 5) is 0. The Morgan fingerprint density at radius 2 is 1.60 bits per heavy atom. The number of rotatable bonds is 3. The average molecular weight is 209 g/mol. The van der Waals surface area contributed by atoms with Crippen molar-refractivity contribution < 1.29 is 0 Å². The summed E-state index contributed by atoms with van der Waals surface area (Å²) >= 11 is 0. The van der Waals surface area contributed by atoms with Crippen molar-refractivity contribution >= 4 is 0 Å². The molecule has 0 aliphatic heterocycles. The van der Waals surface area contributed by atoms with E-state index in [9.17, 15) is 0 Å². The van der Waals surface area contributed by atoms with Gasteiger partial charge in [0.2, 0.25) is 0 Å². The van der Waals surface area contributed by atoms with Gasteiger partial charge in [0.25, 0.3) is 0 Å². The van der Waals surface area contributed by atoms with E-state index in [0.717, 1.165) is 30.3 Å². The maximum absolute atomic E-state index is 3.73. The molecule has 2 rings (SSSR count). The van der Waals surface area contributed by atoms with Gasteiger partial charge in [-0.3, -0.25) is 0 Å². The normalized spacial score (nSPS) is 41.2. The fourth-order valence-electron chi connectivity index (χ4n) is 4.05. The van der Waals surface area contributed by atoms with Gasteiger partial charge in [-0.2, -0.15) is 0 Å². The Labute approximate surface area is 95.0 Å². The molecule has 0 spiro atoms. The second-order valence-electron chi connectivity index (χ2n) is 5.47. The molecule has 0 aromatic rings. The standard InChI is InChI=1S/C14H27N/c1-3-11-12-9-7-5-6-8-10-13(12)14(11)15-4-2/h11-15H,3-10H2,1-2H3. The van der Waals surface area contributed by atoms with E-state index in [1.165, 1.54) is 44.9 Å². The van der Waals surface area contributed by atoms with Crippen LogP contribution in [0.3, 0.4) is 0 Å². The highest BCUT2D eigenvalue weighted by molar-refractivity contribution is 5.00. The molecule has 0 aromatic heterocycles. The lowest BCUT2D eigenvalue weighted by molar-refractivity contribution is -0.00864. The van der Waals surface area contributed by atoms with Crippen molar-refractivity contribution in [2.24, 2.45) is 17.8 Å². The third-order valence-corrected chi connectivity index (χ3v) is 4.76. The summed E-state index contributed by atoms with van der Waals surface area (Å²) in [7, 11) is 0. The number of hydrogen-bond donors (Lipinski definition) is 1. The third-order valence-electron chi connectivity index (χ3n) is 4.76. The zero-order valence-corrected chi connectivity index (χ0v) is 10.5. The molecule has 0 radical (unpaired) electrons. The van der Waals surface area contributed by atoms with Crippen molar-refractivity contribution in [3.8, 4) is 0 Å². The molecule has 1 nitrogen and oxygen atoms in total. The summed E-state index contributed by atoms with van der Waals surface area (Å²) in [5.74, 6) is 3.09. The lowest BCUT2D eigenvalue weighted by Gasteiger charge is -2.54. The van der Waals surface area contributed by atoms with Gasteiger partial charge in [-0.05, 0) is 37.1 Å². The van der Waals surface area contributed by atoms with Gasteiger partial charge >= 0.3 is 0 Å². The minimum atomic E-state index is 0.864. The highest BCUT2D eigenvalue weighted by Gasteiger charge is 2.47. The number of hydrogen-bond acceptors (Lipinski definition) is 1. The Balaban J connectivity index is 1.95. The third kappa shape index (κ3) is 2.22. The molecular weight excluding hydrogens is 182 g/mol. The first kappa shape index (κ1) is 11.4. The van der Waals surface area contributed by atoms with E-state index in [4.69, 9.17) is 0 Å². The molecule has 0 heterocycles. The van der Waals surface area contributed by atoms with Gasteiger partial charge in [-0.15, -0.1) is 0 Å². The van der Waals surface area contributed by atoms with Crippen LogP contribution < -0.4 is 5.32 Å². The monoisotopic (exact) mass is 209 g/mol. The first-order valence-electron chi connectivity index (χ1n) is 7.11. The molecule has 1 N–H and O–H groups in total. The Kier molecular flexibility index (Phi) is 4.07. The van der Waals surface area contributed by atoms with E-state index in [-0.39, 0.29) is 0 Å². The van der Waals surface area contributed by atoms with E-state index in [1.54, 1.807) is 0 Å². The van der Waals surface area contributed by atoms with Gasteiger partial charge in [0.05, 0.1) is 0 Å². The van der Waals surface area contributed by atoms with Crippen molar-refractivity contribution in [2.45, 2.75) is 64.8 Å². The molecule has 4 atom stereocenters. The molecule has 4 unspecified atom stereocenters. The number of fused-ring (bicyclic) bond motifs is 1. The summed E-state index contributed by atoms with van der Waals surface area (Å²) in [5, 5.41) is 3.73. The summed E-state index contributed by atoms with van der Waals surface area (Å²) in [6.45, 7) is 5.79. The lowest BCUT2D eigenvalue weighted by Crippen LogP contribution is -2.58. The fourth-order valence-corrected chi connectivity index (χ4v) is 4.05. The smallest absolute Gasteiger partial charge is 0.0129 e. The molecule has 0 amide bonds. The van der Waals surface area contributed by atoms with Gasteiger partial charge < -0.3 is 5.32 Å². The van der Waals surface area contributed by atoms with Crippen LogP contribution in [0.5, 0.6) is 0 Å². The van der Waals surface area contributed by atoms with Crippen LogP contribution in [0.2, 0.25) is 0 Å². The molecule has 0 saturated heterocycles. The molecular formula is C14H27N. The van der Waals surface area contributed by atoms with Crippen LogP contribution in [-0.2, 0) is 0 Å². The van der Waals surface area contributed by atoms with Crippen LogP contribution >= 0.6 is 0 Å². The van der Waals surface area contributed by atoms with Crippen LogP contribution in [0, 0.1) is 17.8 Å². The Hall–Kier alpha value is -0.0400. The topological polar surface area (TPSA) is 12.0 Å². The molecule has 2 aliphatic carbocycles. The zero-order chi connectivity index (χ0) is 10.7. The summed E-state index contributed by atoms with van der Waals surface area (Å²) in [6, 6.07) is 0.864. The van der Waals surface area contributed by atoms with Crippen LogP contribution in [0.15, 0.2) is 0 Å². The van der Waals surface area contributed by atoms with Crippen LogP contribution in [0.25, 0.3) is 0 Å². The second-order valence-corrected chi connectivity index (χ2v) is 5.47. The highest BCUT2D eigenvalue weighted by atomic mass is 15.0. The number of nitrogens with one attached hydrogen (secondary N) is 1. The van der Waals surface area contributed by atoms with Crippen LogP contribution in [0.1, 0.15) is 58.8 Å². The maximum atomic E-state index is 3.73. The van der Waals surface area contributed by atoms with Gasteiger partial charge in [0.1, 0.15) is 0 Å². The predicted octanol–water partition coefficient (Wildman–Crippen LogP) is 3.59. The van der Waals surface area contributed by atoms with Gasteiger partial charge in [-0.1, -0.05) is 46.0 Å². The lowest BCUT2D eigenvalue weighted by atomic mass is 9.56. The molecule has 2 aliphatic rings. The molecule has 2 fully saturated rings. The van der Waals surface area contributed by atoms with Crippen LogP contribution in [0.4, 0.5) is 0 Å². The minimum Gasteiger partial charge on any atom is -0.314 e. The van der Waals surface area contributed by atoms with Crippen molar-refractivity contribution in [1.82, 2.24) is 5.32 Å². The quantitative estimate of drug-likeness (QED) is 0.749. The average Bonchev–Trinajstić information content (AvgIpc) is 2.21. The highest BCUT2D eigenvalue weighted by Crippen LogP contribution is 2.49. The minimum absolute atomic E-state index is 0.864. The van der Waals surface area contributed by atoms with Gasteiger partial charge in [0.15, 0.2) is 0 Å². The Morgan fingerprint density at radius 1 is 0.933 bits per heavy atom. The Bertz CT molecular complexity index is 184. The molecule has 1 heteroatoms. The van der Waals surface area contributed by atoms with Gasteiger partial charge in [-0.25, -0.2) is 0 Å².